The summed E-state index contributed by atoms with van der Waals surface area (Å²) >= 11 is 0. The second kappa shape index (κ2) is 4.92. The molecule has 0 radical (unpaired) electrons. The van der Waals surface area contributed by atoms with E-state index in [9.17, 15) is 9.59 Å². The lowest BCUT2D eigenvalue weighted by Crippen LogP contribution is -2.33. The van der Waals surface area contributed by atoms with Crippen LogP contribution in [0.25, 0.3) is 0 Å². The molecule has 2 amide bonds. The third kappa shape index (κ3) is 1.68. The number of allylic oxidation sites excluding steroid dienone is 4. The first-order valence-electron chi connectivity index (χ1n) is 9.02. The van der Waals surface area contributed by atoms with Gasteiger partial charge in [0.05, 0.1) is 17.5 Å². The largest absolute Gasteiger partial charge is 0.274 e. The maximum atomic E-state index is 13.1. The van der Waals surface area contributed by atoms with Gasteiger partial charge in [-0.1, -0.05) is 41.5 Å². The summed E-state index contributed by atoms with van der Waals surface area (Å²) in [5.41, 5.74) is 4.70. The van der Waals surface area contributed by atoms with Gasteiger partial charge in [-0.3, -0.25) is 9.59 Å². The summed E-state index contributed by atoms with van der Waals surface area (Å²) in [4.78, 5) is 27.8. The first-order chi connectivity index (χ1) is 11.7. The number of carbonyl (C=O) groups excluding carboxylic acids is 2. The van der Waals surface area contributed by atoms with Crippen molar-refractivity contribution in [2.45, 2.75) is 32.6 Å². The maximum absolute atomic E-state index is 13.1. The van der Waals surface area contributed by atoms with Crippen LogP contribution in [0.3, 0.4) is 0 Å². The zero-order valence-corrected chi connectivity index (χ0v) is 13.9. The van der Waals surface area contributed by atoms with E-state index >= 15 is 0 Å². The zero-order chi connectivity index (χ0) is 16.4. The minimum absolute atomic E-state index is 0.00671. The standard InChI is InChI=1S/C21H21NO2/c1-12-6-2-5-9-16(12)22-20(23)18-14-10-11-15(19(18)21(22)24)17(14)13-7-3-4-8-13/h2,5-6,9-11,14-15,18-19H,3-4,7-8H2,1H3/t14-,15+,18-,19+. The Morgan fingerprint density at radius 3 is 2.08 bits per heavy atom. The normalized spacial score (nSPS) is 34.0. The molecule has 3 fully saturated rings. The smallest absolute Gasteiger partial charge is 0.238 e. The van der Waals surface area contributed by atoms with E-state index < -0.39 is 0 Å². The van der Waals surface area contributed by atoms with Crippen LogP contribution in [0.1, 0.15) is 31.2 Å². The van der Waals surface area contributed by atoms with Crippen molar-refractivity contribution in [1.29, 1.82) is 0 Å². The number of amides is 2. The predicted octanol–water partition coefficient (Wildman–Crippen LogP) is 3.79. The quantitative estimate of drug-likeness (QED) is 0.583. The minimum Gasteiger partial charge on any atom is -0.274 e. The van der Waals surface area contributed by atoms with E-state index in [4.69, 9.17) is 0 Å². The number of nitrogens with zero attached hydrogens (tertiary/aromatic N) is 1. The van der Waals surface area contributed by atoms with Crippen LogP contribution in [-0.4, -0.2) is 11.8 Å². The Bertz CT molecular complexity index is 777. The fourth-order valence-electron chi connectivity index (χ4n) is 5.38. The molecule has 122 valence electrons. The van der Waals surface area contributed by atoms with Gasteiger partial charge in [0, 0.05) is 11.8 Å². The number of imide groups is 1. The van der Waals surface area contributed by atoms with Crippen molar-refractivity contribution in [3.05, 3.63) is 53.1 Å². The molecule has 24 heavy (non-hydrogen) atoms. The fraction of sp³-hybridized carbons (Fsp3) is 0.429. The Labute approximate surface area is 142 Å². The molecule has 1 aromatic carbocycles. The first kappa shape index (κ1) is 14.2. The van der Waals surface area contributed by atoms with Crippen LogP contribution in [-0.2, 0) is 9.59 Å². The summed E-state index contributed by atoms with van der Waals surface area (Å²) in [5, 5.41) is 0. The molecule has 0 N–H and O–H groups in total. The number of aryl methyl sites for hydroxylation is 1. The average Bonchev–Trinajstić information content (AvgIpc) is 3.32. The Kier molecular flexibility index (Phi) is 2.91. The summed E-state index contributed by atoms with van der Waals surface area (Å²) in [6.07, 6.45) is 9.22. The van der Waals surface area contributed by atoms with Crippen LogP contribution in [0, 0.1) is 30.6 Å². The van der Waals surface area contributed by atoms with Crippen molar-refractivity contribution in [1.82, 2.24) is 0 Å². The molecule has 5 rings (SSSR count). The molecule has 0 aromatic heterocycles. The Morgan fingerprint density at radius 1 is 0.917 bits per heavy atom. The maximum Gasteiger partial charge on any atom is 0.238 e. The monoisotopic (exact) mass is 319 g/mol. The van der Waals surface area contributed by atoms with E-state index in [1.807, 2.05) is 31.2 Å². The number of hydrogen-bond donors (Lipinski definition) is 0. The van der Waals surface area contributed by atoms with Crippen LogP contribution >= 0.6 is 0 Å². The van der Waals surface area contributed by atoms with Gasteiger partial charge in [-0.2, -0.15) is 0 Å². The minimum atomic E-state index is -0.171. The van der Waals surface area contributed by atoms with Crippen LogP contribution in [0.4, 0.5) is 5.69 Å². The number of anilines is 1. The highest BCUT2D eigenvalue weighted by molar-refractivity contribution is 6.23. The van der Waals surface area contributed by atoms with Gasteiger partial charge >= 0.3 is 0 Å². The van der Waals surface area contributed by atoms with Crippen molar-refractivity contribution in [3.63, 3.8) is 0 Å². The van der Waals surface area contributed by atoms with Crippen LogP contribution < -0.4 is 4.90 Å². The van der Waals surface area contributed by atoms with Gasteiger partial charge in [0.25, 0.3) is 0 Å². The number of para-hydroxylation sites is 1. The number of rotatable bonds is 1. The first-order valence-corrected chi connectivity index (χ1v) is 9.02. The van der Waals surface area contributed by atoms with E-state index in [0.717, 1.165) is 24.1 Å². The van der Waals surface area contributed by atoms with Gasteiger partial charge in [-0.15, -0.1) is 0 Å². The SMILES string of the molecule is Cc1ccccc1N1C(=O)[C@@H]2[C@H](C1=O)[C@@H]1C=C[C@H]2C1=C1CCCC1. The van der Waals surface area contributed by atoms with Gasteiger partial charge in [-0.25, -0.2) is 4.90 Å². The van der Waals surface area contributed by atoms with Crippen molar-refractivity contribution in [2.24, 2.45) is 23.7 Å². The van der Waals surface area contributed by atoms with E-state index in [0.29, 0.717) is 0 Å². The second-order valence-corrected chi connectivity index (χ2v) is 7.55. The molecule has 3 heteroatoms. The average molecular weight is 319 g/mol. The predicted molar refractivity (Wildman–Crippen MR) is 92.3 cm³/mol. The second-order valence-electron chi connectivity index (χ2n) is 7.55. The Hall–Kier alpha value is -2.16. The summed E-state index contributed by atoms with van der Waals surface area (Å²) < 4.78 is 0. The lowest BCUT2D eigenvalue weighted by molar-refractivity contribution is -0.122. The van der Waals surface area contributed by atoms with Crippen LogP contribution in [0.15, 0.2) is 47.6 Å². The molecule has 2 bridgehead atoms. The van der Waals surface area contributed by atoms with Gasteiger partial charge < -0.3 is 0 Å². The Morgan fingerprint density at radius 2 is 1.50 bits per heavy atom. The van der Waals surface area contributed by atoms with Crippen molar-refractivity contribution in [2.75, 3.05) is 4.90 Å². The highest BCUT2D eigenvalue weighted by atomic mass is 16.2. The number of fused-ring (bicyclic) bond motifs is 5. The zero-order valence-electron chi connectivity index (χ0n) is 13.9. The van der Waals surface area contributed by atoms with Crippen molar-refractivity contribution >= 4 is 17.5 Å². The molecule has 4 aliphatic rings. The molecule has 4 atom stereocenters. The van der Waals surface area contributed by atoms with Crippen LogP contribution in [0.5, 0.6) is 0 Å². The van der Waals surface area contributed by atoms with E-state index in [1.165, 1.54) is 28.9 Å². The van der Waals surface area contributed by atoms with Gasteiger partial charge in [0.1, 0.15) is 0 Å². The lowest BCUT2D eigenvalue weighted by atomic mass is 9.85. The number of carbonyl (C=O) groups is 2. The molecule has 1 saturated heterocycles. The number of hydrogen-bond acceptors (Lipinski definition) is 2. The Balaban J connectivity index is 1.57. The molecule has 2 saturated carbocycles. The molecule has 0 unspecified atom stereocenters. The summed E-state index contributed by atoms with van der Waals surface area (Å²) in [5.74, 6) is 0.00189. The molecule has 3 nitrogen and oxygen atoms in total. The van der Waals surface area contributed by atoms with Gasteiger partial charge in [-0.05, 0) is 44.2 Å². The fourth-order valence-corrected chi connectivity index (χ4v) is 5.38. The summed E-state index contributed by atoms with van der Waals surface area (Å²) in [6.45, 7) is 1.96. The molecule has 1 aromatic rings. The molecular weight excluding hydrogens is 298 g/mol. The molecule has 0 spiro atoms. The highest BCUT2D eigenvalue weighted by Gasteiger charge is 2.62. The number of benzene rings is 1. The van der Waals surface area contributed by atoms with Gasteiger partial charge in [0.15, 0.2) is 0 Å². The highest BCUT2D eigenvalue weighted by Crippen LogP contribution is 2.58. The molecule has 3 aliphatic carbocycles. The summed E-state index contributed by atoms with van der Waals surface area (Å²) in [6, 6.07) is 7.69. The van der Waals surface area contributed by atoms with Crippen LogP contribution in [0.2, 0.25) is 0 Å². The molecule has 1 heterocycles. The van der Waals surface area contributed by atoms with E-state index in [2.05, 4.69) is 12.2 Å². The lowest BCUT2D eigenvalue weighted by Gasteiger charge is -2.21. The summed E-state index contributed by atoms with van der Waals surface area (Å²) in [7, 11) is 0. The van der Waals surface area contributed by atoms with Crippen molar-refractivity contribution < 1.29 is 9.59 Å². The molecular formula is C21H21NO2. The third-order valence-corrected chi connectivity index (χ3v) is 6.39. The van der Waals surface area contributed by atoms with Gasteiger partial charge in [0.2, 0.25) is 11.8 Å². The molecule has 1 aliphatic heterocycles. The topological polar surface area (TPSA) is 37.4 Å². The van der Waals surface area contributed by atoms with Crippen molar-refractivity contribution in [3.8, 4) is 0 Å². The third-order valence-electron chi connectivity index (χ3n) is 6.39. The van der Waals surface area contributed by atoms with E-state index in [1.54, 1.807) is 0 Å². The van der Waals surface area contributed by atoms with E-state index in [-0.39, 0.29) is 35.5 Å².